The van der Waals surface area contributed by atoms with Crippen molar-refractivity contribution in [1.29, 1.82) is 0 Å². The minimum atomic E-state index is -0.446. The summed E-state index contributed by atoms with van der Waals surface area (Å²) in [7, 11) is 0. The van der Waals surface area contributed by atoms with Gasteiger partial charge in [0.25, 0.3) is 0 Å². The van der Waals surface area contributed by atoms with Crippen molar-refractivity contribution in [3.63, 3.8) is 0 Å². The Morgan fingerprint density at radius 2 is 0.797 bits per heavy atom. The predicted molar refractivity (Wildman–Crippen MR) is 236 cm³/mol. The molecule has 300 valence electrons. The maximum atomic E-state index is 12.8. The summed E-state index contributed by atoms with van der Waals surface area (Å²) in [6, 6.07) is 44.5. The number of unbranched alkanes of at least 4 members (excludes halogenated alkanes) is 4. The molecule has 0 amide bonds. The van der Waals surface area contributed by atoms with E-state index in [1.165, 1.54) is 25.7 Å². The minimum Gasteiger partial charge on any atom is -0.494 e. The Morgan fingerprint density at radius 3 is 1.15 bits per heavy atom. The van der Waals surface area contributed by atoms with Crippen molar-refractivity contribution < 1.29 is 28.5 Å². The Hall–Kier alpha value is -6.80. The number of hydrogen-bond acceptors (Lipinski definition) is 8. The molecule has 8 heteroatoms. The Bertz CT molecular complexity index is 2100. The number of nitrogens with zero attached hydrogens (tertiary/aromatic N) is 2. The number of esters is 2. The fourth-order valence-corrected chi connectivity index (χ4v) is 5.97. The van der Waals surface area contributed by atoms with Gasteiger partial charge in [-0.25, -0.2) is 9.59 Å². The lowest BCUT2D eigenvalue weighted by atomic mass is 10.0. The van der Waals surface area contributed by atoms with Crippen LogP contribution in [0.4, 0.5) is 11.4 Å². The fraction of sp³-hybridized carbons (Fsp3) is 0.216. The quantitative estimate of drug-likeness (QED) is 0.0331. The molecule has 0 aliphatic carbocycles. The standard InChI is InChI=1S/C51H50N2O6/c1-3-5-7-33-56-46-25-13-40(14-26-46)36-52-44-21-17-42(18-22-44)50(54)58-48-29-9-38(10-30-48)35-39-11-31-49(32-12-39)59-51(55)43-19-23-45(24-20-43)53-37-41-15-27-47(28-16-41)57-34-8-6-4-2/h9-32,36-37H,3-8,33-35H2,1-2H3. The van der Waals surface area contributed by atoms with Crippen molar-refractivity contribution in [2.75, 3.05) is 13.2 Å². The normalized spacial score (nSPS) is 11.2. The number of carbonyl (C=O) groups excluding carboxylic acids is 2. The molecule has 0 spiro atoms. The summed E-state index contributed by atoms with van der Waals surface area (Å²) in [5.74, 6) is 1.72. The lowest BCUT2D eigenvalue weighted by Gasteiger charge is -2.08. The van der Waals surface area contributed by atoms with E-state index in [4.69, 9.17) is 18.9 Å². The third kappa shape index (κ3) is 13.7. The summed E-state index contributed by atoms with van der Waals surface area (Å²) >= 11 is 0. The molecule has 0 bridgehead atoms. The van der Waals surface area contributed by atoms with E-state index in [1.54, 1.807) is 85.2 Å². The third-order valence-electron chi connectivity index (χ3n) is 9.40. The van der Waals surface area contributed by atoms with Crippen LogP contribution in [-0.2, 0) is 6.42 Å². The number of hydrogen-bond donors (Lipinski definition) is 0. The van der Waals surface area contributed by atoms with Crippen LogP contribution in [0.2, 0.25) is 0 Å². The monoisotopic (exact) mass is 786 g/mol. The smallest absolute Gasteiger partial charge is 0.343 e. The molecule has 6 aromatic carbocycles. The number of ether oxygens (including phenoxy) is 4. The van der Waals surface area contributed by atoms with Crippen molar-refractivity contribution in [2.45, 2.75) is 58.8 Å². The Kier molecular flexibility index (Phi) is 15.8. The van der Waals surface area contributed by atoms with E-state index in [9.17, 15) is 9.59 Å². The van der Waals surface area contributed by atoms with Crippen LogP contribution < -0.4 is 18.9 Å². The zero-order chi connectivity index (χ0) is 41.1. The second-order valence-electron chi connectivity index (χ2n) is 14.1. The maximum absolute atomic E-state index is 12.8. The van der Waals surface area contributed by atoms with Crippen LogP contribution in [0.3, 0.4) is 0 Å². The topological polar surface area (TPSA) is 95.8 Å². The molecule has 0 radical (unpaired) electrons. The summed E-state index contributed by atoms with van der Waals surface area (Å²) in [6.07, 6.45) is 11.0. The van der Waals surface area contributed by atoms with Gasteiger partial charge in [0, 0.05) is 12.4 Å². The van der Waals surface area contributed by atoms with Gasteiger partial charge in [0.1, 0.15) is 23.0 Å². The van der Waals surface area contributed by atoms with Gasteiger partial charge in [0.05, 0.1) is 35.7 Å². The lowest BCUT2D eigenvalue weighted by Crippen LogP contribution is -2.08. The van der Waals surface area contributed by atoms with Crippen LogP contribution in [0.1, 0.15) is 95.3 Å². The highest BCUT2D eigenvalue weighted by atomic mass is 16.5. The zero-order valence-electron chi connectivity index (χ0n) is 33.7. The van der Waals surface area contributed by atoms with Gasteiger partial charge in [-0.15, -0.1) is 0 Å². The van der Waals surface area contributed by atoms with Gasteiger partial charge in [-0.2, -0.15) is 0 Å². The van der Waals surface area contributed by atoms with Gasteiger partial charge in [0.2, 0.25) is 0 Å². The van der Waals surface area contributed by atoms with Gasteiger partial charge in [-0.05, 0) is 163 Å². The molecule has 6 aromatic rings. The van der Waals surface area contributed by atoms with Crippen LogP contribution >= 0.6 is 0 Å². The summed E-state index contributed by atoms with van der Waals surface area (Å²) in [5.41, 5.74) is 6.31. The zero-order valence-corrected chi connectivity index (χ0v) is 33.7. The number of carbonyl (C=O) groups is 2. The highest BCUT2D eigenvalue weighted by Crippen LogP contribution is 2.22. The molecule has 8 nitrogen and oxygen atoms in total. The van der Waals surface area contributed by atoms with Crippen LogP contribution in [0.25, 0.3) is 0 Å². The molecule has 0 unspecified atom stereocenters. The largest absolute Gasteiger partial charge is 0.494 e. The van der Waals surface area contributed by atoms with E-state index < -0.39 is 11.9 Å². The van der Waals surface area contributed by atoms with Gasteiger partial charge < -0.3 is 18.9 Å². The highest BCUT2D eigenvalue weighted by Gasteiger charge is 2.11. The van der Waals surface area contributed by atoms with Crippen molar-refractivity contribution in [2.24, 2.45) is 9.98 Å². The molecular formula is C51H50N2O6. The number of benzene rings is 6. The second kappa shape index (κ2) is 22.2. The lowest BCUT2D eigenvalue weighted by molar-refractivity contribution is 0.0725. The first kappa shape index (κ1) is 41.8. The van der Waals surface area contributed by atoms with E-state index in [0.29, 0.717) is 29.0 Å². The van der Waals surface area contributed by atoms with Gasteiger partial charge in [0.15, 0.2) is 0 Å². The summed E-state index contributed by atoms with van der Waals surface area (Å²) in [6.45, 7) is 5.80. The first-order chi connectivity index (χ1) is 28.9. The molecular weight excluding hydrogens is 737 g/mol. The molecule has 0 fully saturated rings. The molecule has 0 heterocycles. The van der Waals surface area contributed by atoms with E-state index >= 15 is 0 Å². The molecule has 0 saturated carbocycles. The van der Waals surface area contributed by atoms with Crippen molar-refractivity contribution >= 4 is 35.7 Å². The summed E-state index contributed by atoms with van der Waals surface area (Å²) < 4.78 is 22.8. The average Bonchev–Trinajstić information content (AvgIpc) is 3.27. The first-order valence-electron chi connectivity index (χ1n) is 20.3. The van der Waals surface area contributed by atoms with Crippen LogP contribution in [0.5, 0.6) is 23.0 Å². The van der Waals surface area contributed by atoms with E-state index in [-0.39, 0.29) is 0 Å². The summed E-state index contributed by atoms with van der Waals surface area (Å²) in [5, 5.41) is 0. The van der Waals surface area contributed by atoms with E-state index in [1.807, 2.05) is 72.8 Å². The molecule has 0 aliphatic rings. The van der Waals surface area contributed by atoms with Gasteiger partial charge in [-0.3, -0.25) is 9.98 Å². The SMILES string of the molecule is CCCCCOc1ccc(C=Nc2ccc(C(=O)Oc3ccc(Cc4ccc(OC(=O)c5ccc(N=Cc6ccc(OCCCCC)cc6)cc5)cc4)cc3)cc2)cc1. The maximum Gasteiger partial charge on any atom is 0.343 e. The van der Waals surface area contributed by atoms with Gasteiger partial charge >= 0.3 is 11.9 Å². The fourth-order valence-electron chi connectivity index (χ4n) is 5.97. The molecule has 59 heavy (non-hydrogen) atoms. The Balaban J connectivity index is 0.922. The summed E-state index contributed by atoms with van der Waals surface area (Å²) in [4.78, 5) is 34.7. The van der Waals surface area contributed by atoms with E-state index in [0.717, 1.165) is 71.2 Å². The first-order valence-corrected chi connectivity index (χ1v) is 20.3. The second-order valence-corrected chi connectivity index (χ2v) is 14.1. The Labute approximate surface area is 347 Å². The molecule has 0 saturated heterocycles. The van der Waals surface area contributed by atoms with Crippen LogP contribution in [-0.4, -0.2) is 37.6 Å². The molecule has 0 aliphatic heterocycles. The van der Waals surface area contributed by atoms with Gasteiger partial charge in [-0.1, -0.05) is 63.8 Å². The average molecular weight is 787 g/mol. The minimum absolute atomic E-state index is 0.432. The predicted octanol–water partition coefficient (Wildman–Crippen LogP) is 12.4. The highest BCUT2D eigenvalue weighted by molar-refractivity contribution is 5.92. The van der Waals surface area contributed by atoms with Crippen LogP contribution in [0.15, 0.2) is 156 Å². The third-order valence-corrected chi connectivity index (χ3v) is 9.40. The van der Waals surface area contributed by atoms with Crippen LogP contribution in [0, 0.1) is 0 Å². The van der Waals surface area contributed by atoms with Crippen molar-refractivity contribution in [1.82, 2.24) is 0 Å². The Morgan fingerprint density at radius 1 is 0.441 bits per heavy atom. The molecule has 0 N–H and O–H groups in total. The molecule has 0 atom stereocenters. The number of aliphatic imine (C=N–C) groups is 2. The van der Waals surface area contributed by atoms with E-state index in [2.05, 4.69) is 23.8 Å². The van der Waals surface area contributed by atoms with Crippen molar-refractivity contribution in [3.05, 3.63) is 179 Å². The number of rotatable bonds is 20. The molecule has 0 aromatic heterocycles. The molecule has 6 rings (SSSR count). The van der Waals surface area contributed by atoms with Crippen molar-refractivity contribution in [3.8, 4) is 23.0 Å².